The molecule has 0 saturated carbocycles. The number of benzene rings is 1. The fourth-order valence-corrected chi connectivity index (χ4v) is 1.64. The van der Waals surface area contributed by atoms with Gasteiger partial charge in [-0.25, -0.2) is 9.59 Å². The van der Waals surface area contributed by atoms with Crippen molar-refractivity contribution in [2.45, 2.75) is 6.92 Å². The largest absolute Gasteiger partial charge is 0.490 e. The molecule has 0 fully saturated rings. The zero-order chi connectivity index (χ0) is 13.0. The van der Waals surface area contributed by atoms with Gasteiger partial charge in [0.15, 0.2) is 0 Å². The van der Waals surface area contributed by atoms with E-state index in [-0.39, 0.29) is 13.2 Å². The molecule has 0 aliphatic heterocycles. The van der Waals surface area contributed by atoms with Crippen LogP contribution in [0.1, 0.15) is 5.56 Å². The normalized spacial score (nSPS) is 10.3. The summed E-state index contributed by atoms with van der Waals surface area (Å²) in [5.41, 5.74) is 0.933. The molecule has 5 heteroatoms. The molecule has 1 aromatic heterocycles. The summed E-state index contributed by atoms with van der Waals surface area (Å²) in [7, 11) is 0. The summed E-state index contributed by atoms with van der Waals surface area (Å²) >= 11 is 0. The van der Waals surface area contributed by atoms with Gasteiger partial charge in [0.25, 0.3) is 0 Å². The second-order valence-corrected chi connectivity index (χ2v) is 3.69. The number of ether oxygens (including phenoxy) is 2. The maximum absolute atomic E-state index is 11.2. The number of hydrogen-bond donors (Lipinski definition) is 0. The van der Waals surface area contributed by atoms with Crippen LogP contribution in [-0.2, 0) is 9.53 Å². The fourth-order valence-electron chi connectivity index (χ4n) is 1.64. The first kappa shape index (κ1) is 12.2. The predicted octanol–water partition coefficient (Wildman–Crippen LogP) is 1.56. The van der Waals surface area contributed by atoms with Crippen molar-refractivity contribution in [1.82, 2.24) is 0 Å². The van der Waals surface area contributed by atoms with Crippen molar-refractivity contribution in [2.75, 3.05) is 13.2 Å². The maximum atomic E-state index is 11.2. The van der Waals surface area contributed by atoms with Gasteiger partial charge in [0.2, 0.25) is 0 Å². The molecule has 1 aromatic carbocycles. The summed E-state index contributed by atoms with van der Waals surface area (Å²) in [4.78, 5) is 21.1. The smallest absolute Gasteiger partial charge is 0.417 e. The number of carbonyl (C=O) groups excluding carboxylic acids is 1. The van der Waals surface area contributed by atoms with Gasteiger partial charge in [0.1, 0.15) is 24.5 Å². The Kier molecular flexibility index (Phi) is 3.62. The molecule has 2 rings (SSSR count). The Hall–Kier alpha value is -2.30. The molecule has 0 N–H and O–H groups in total. The summed E-state index contributed by atoms with van der Waals surface area (Å²) in [6.07, 6.45) is 0. The zero-order valence-electron chi connectivity index (χ0n) is 9.76. The summed E-state index contributed by atoms with van der Waals surface area (Å²) in [6.45, 7) is 3.49. The summed E-state index contributed by atoms with van der Waals surface area (Å²) in [5.74, 6) is 0.547. The van der Waals surface area contributed by atoms with Crippen LogP contribution >= 0.6 is 0 Å². The predicted molar refractivity (Wildman–Crippen MR) is 64.4 cm³/mol. The van der Waals surface area contributed by atoms with E-state index in [2.05, 4.69) is 4.74 Å². The Morgan fingerprint density at radius 1 is 1.28 bits per heavy atom. The molecule has 0 bridgehead atoms. The molecule has 0 aliphatic rings. The minimum atomic E-state index is -0.393. The van der Waals surface area contributed by atoms with E-state index in [4.69, 9.17) is 9.15 Å². The molecule has 5 nitrogen and oxygen atoms in total. The molecule has 0 spiro atoms. The molecule has 0 aliphatic carbocycles. The van der Waals surface area contributed by atoms with Crippen molar-refractivity contribution in [2.24, 2.45) is 0 Å². The van der Waals surface area contributed by atoms with E-state index in [0.717, 1.165) is 10.9 Å². The van der Waals surface area contributed by atoms with E-state index >= 15 is 0 Å². The lowest BCUT2D eigenvalue weighted by Gasteiger charge is -2.06. The SMILES string of the molecule is Cc1cc(=O)oc2cc(OCCO[C]=O)ccc12. The van der Waals surface area contributed by atoms with Gasteiger partial charge in [-0.2, -0.15) is 0 Å². The highest BCUT2D eigenvalue weighted by Crippen LogP contribution is 2.21. The van der Waals surface area contributed by atoms with E-state index in [1.165, 1.54) is 12.5 Å². The standard InChI is InChI=1S/C13H11O5/c1-9-6-13(15)18-12-7-10(2-3-11(9)12)17-5-4-16-8-14/h2-3,6-7H,4-5H2,1H3. The van der Waals surface area contributed by atoms with Crippen LogP contribution in [0.25, 0.3) is 11.0 Å². The Labute approximate surface area is 103 Å². The van der Waals surface area contributed by atoms with E-state index in [1.807, 2.05) is 13.0 Å². The van der Waals surface area contributed by atoms with Crippen molar-refractivity contribution in [3.63, 3.8) is 0 Å². The lowest BCUT2D eigenvalue weighted by Crippen LogP contribution is -2.05. The van der Waals surface area contributed by atoms with Crippen molar-refractivity contribution >= 4 is 17.4 Å². The second kappa shape index (κ2) is 5.35. The Balaban J connectivity index is 2.21. The second-order valence-electron chi connectivity index (χ2n) is 3.69. The topological polar surface area (TPSA) is 65.7 Å². The molecular formula is C13H11O5. The van der Waals surface area contributed by atoms with Crippen LogP contribution in [0.2, 0.25) is 0 Å². The monoisotopic (exact) mass is 247 g/mol. The average Bonchev–Trinajstić information content (AvgIpc) is 2.34. The van der Waals surface area contributed by atoms with Gasteiger partial charge in [-0.3, -0.25) is 0 Å². The highest BCUT2D eigenvalue weighted by atomic mass is 16.5. The van der Waals surface area contributed by atoms with E-state index in [0.29, 0.717) is 11.3 Å². The maximum Gasteiger partial charge on any atom is 0.417 e. The number of aryl methyl sites for hydroxylation is 1. The lowest BCUT2D eigenvalue weighted by atomic mass is 10.1. The Morgan fingerprint density at radius 3 is 2.89 bits per heavy atom. The van der Waals surface area contributed by atoms with Crippen molar-refractivity contribution in [3.8, 4) is 5.75 Å². The van der Waals surface area contributed by atoms with Crippen molar-refractivity contribution in [1.29, 1.82) is 0 Å². The molecular weight excluding hydrogens is 236 g/mol. The van der Waals surface area contributed by atoms with E-state index in [9.17, 15) is 9.59 Å². The first-order valence-electron chi connectivity index (χ1n) is 5.37. The lowest BCUT2D eigenvalue weighted by molar-refractivity contribution is 0.200. The van der Waals surface area contributed by atoms with Crippen LogP contribution in [0.15, 0.2) is 33.5 Å². The van der Waals surface area contributed by atoms with Gasteiger partial charge in [-0.1, -0.05) is 0 Å². The highest BCUT2D eigenvalue weighted by Gasteiger charge is 2.04. The fraction of sp³-hybridized carbons (Fsp3) is 0.231. The molecule has 0 amide bonds. The van der Waals surface area contributed by atoms with Gasteiger partial charge in [-0.05, 0) is 24.6 Å². The molecule has 1 heterocycles. The third kappa shape index (κ3) is 2.68. The molecule has 0 saturated heterocycles. The van der Waals surface area contributed by atoms with Crippen LogP contribution in [0.3, 0.4) is 0 Å². The Bertz CT molecular complexity index is 614. The molecule has 93 valence electrons. The minimum absolute atomic E-state index is 0.124. The van der Waals surface area contributed by atoms with Crippen LogP contribution < -0.4 is 10.4 Å². The summed E-state index contributed by atoms with van der Waals surface area (Å²) in [6, 6.07) is 6.65. The number of fused-ring (bicyclic) bond motifs is 1. The third-order valence-corrected chi connectivity index (χ3v) is 2.44. The Morgan fingerprint density at radius 2 is 2.11 bits per heavy atom. The molecule has 0 atom stereocenters. The van der Waals surface area contributed by atoms with Crippen LogP contribution in [0.4, 0.5) is 0 Å². The van der Waals surface area contributed by atoms with Gasteiger partial charge in [0, 0.05) is 17.5 Å². The number of hydrogen-bond acceptors (Lipinski definition) is 5. The molecule has 0 unspecified atom stereocenters. The van der Waals surface area contributed by atoms with Gasteiger partial charge >= 0.3 is 12.1 Å². The minimum Gasteiger partial charge on any atom is -0.490 e. The zero-order valence-corrected chi connectivity index (χ0v) is 9.76. The molecule has 2 aromatic rings. The van der Waals surface area contributed by atoms with Crippen LogP contribution in [-0.4, -0.2) is 19.7 Å². The molecule has 1 radical (unpaired) electrons. The van der Waals surface area contributed by atoms with Crippen molar-refractivity contribution in [3.05, 3.63) is 40.2 Å². The van der Waals surface area contributed by atoms with E-state index in [1.54, 1.807) is 12.1 Å². The quantitative estimate of drug-likeness (QED) is 0.592. The van der Waals surface area contributed by atoms with Crippen LogP contribution in [0, 0.1) is 6.92 Å². The van der Waals surface area contributed by atoms with Crippen LogP contribution in [0.5, 0.6) is 5.75 Å². The first-order chi connectivity index (χ1) is 8.70. The van der Waals surface area contributed by atoms with Gasteiger partial charge < -0.3 is 13.9 Å². The van der Waals surface area contributed by atoms with Crippen molar-refractivity contribution < 1.29 is 18.7 Å². The van der Waals surface area contributed by atoms with E-state index < -0.39 is 5.63 Å². The summed E-state index contributed by atoms with van der Waals surface area (Å²) < 4.78 is 14.8. The molecule has 18 heavy (non-hydrogen) atoms. The highest BCUT2D eigenvalue weighted by molar-refractivity contribution is 5.81. The van der Waals surface area contributed by atoms with Gasteiger partial charge in [-0.15, -0.1) is 0 Å². The third-order valence-electron chi connectivity index (χ3n) is 2.44. The summed E-state index contributed by atoms with van der Waals surface area (Å²) in [5, 5.41) is 0.861. The first-order valence-corrected chi connectivity index (χ1v) is 5.37. The van der Waals surface area contributed by atoms with Gasteiger partial charge in [0.05, 0.1) is 0 Å². The number of rotatable bonds is 5. The average molecular weight is 247 g/mol.